The van der Waals surface area contributed by atoms with Crippen LogP contribution >= 0.6 is 22.9 Å². The molecule has 0 aliphatic heterocycles. The number of H-pyrrole nitrogens is 1. The molecule has 1 aromatic carbocycles. The van der Waals surface area contributed by atoms with Crippen molar-refractivity contribution >= 4 is 29.2 Å². The van der Waals surface area contributed by atoms with E-state index in [9.17, 15) is 4.39 Å². The topological polar surface area (TPSA) is 66.8 Å². The summed E-state index contributed by atoms with van der Waals surface area (Å²) in [6.45, 7) is 0. The van der Waals surface area contributed by atoms with Crippen LogP contribution in [0.15, 0.2) is 23.2 Å². The molecule has 0 radical (unpaired) electrons. The van der Waals surface area contributed by atoms with E-state index in [0.29, 0.717) is 5.92 Å². The minimum absolute atomic E-state index is 0.0949. The van der Waals surface area contributed by atoms with Gasteiger partial charge in [-0.25, -0.2) is 9.37 Å². The van der Waals surface area contributed by atoms with Crippen molar-refractivity contribution in [2.24, 2.45) is 4.99 Å². The lowest BCUT2D eigenvalue weighted by molar-refractivity contribution is 0.628. The number of aromatic amines is 1. The smallest absolute Gasteiger partial charge is 0.141 e. The van der Waals surface area contributed by atoms with Crippen molar-refractivity contribution in [1.82, 2.24) is 20.4 Å². The number of thiazole rings is 1. The van der Waals surface area contributed by atoms with Gasteiger partial charge >= 0.3 is 0 Å². The molecule has 1 saturated carbocycles. The minimum atomic E-state index is -0.433. The molecule has 3 aromatic rings. The Morgan fingerprint density at radius 1 is 1.42 bits per heavy atom. The third-order valence-electron chi connectivity index (χ3n) is 3.83. The van der Waals surface area contributed by atoms with Crippen LogP contribution < -0.4 is 0 Å². The Hall–Kier alpha value is -2.12. The van der Waals surface area contributed by atoms with Gasteiger partial charge in [0.1, 0.15) is 22.2 Å². The maximum Gasteiger partial charge on any atom is 0.141 e. The summed E-state index contributed by atoms with van der Waals surface area (Å²) in [4.78, 5) is 9.79. The molecule has 1 aliphatic rings. The summed E-state index contributed by atoms with van der Waals surface area (Å²) < 4.78 is 13.4. The largest absolute Gasteiger partial charge is 0.294 e. The number of halogens is 2. The Bertz CT molecular complexity index is 928. The van der Waals surface area contributed by atoms with Crippen LogP contribution in [0, 0.1) is 5.82 Å². The quantitative estimate of drug-likeness (QED) is 0.704. The molecule has 5 nitrogen and oxygen atoms in total. The van der Waals surface area contributed by atoms with Gasteiger partial charge in [0.25, 0.3) is 0 Å². The van der Waals surface area contributed by atoms with Crippen LogP contribution in [0.1, 0.15) is 30.1 Å². The van der Waals surface area contributed by atoms with Gasteiger partial charge in [0.15, 0.2) is 0 Å². The molecule has 2 aromatic heterocycles. The summed E-state index contributed by atoms with van der Waals surface area (Å²) in [6.07, 6.45) is 3.94. The van der Waals surface area contributed by atoms with E-state index in [-0.39, 0.29) is 5.02 Å². The van der Waals surface area contributed by atoms with Crippen molar-refractivity contribution in [2.45, 2.75) is 18.8 Å². The number of hydrogen-bond acceptors (Lipinski definition) is 5. The monoisotopic (exact) mass is 361 g/mol. The van der Waals surface area contributed by atoms with Crippen molar-refractivity contribution in [3.05, 3.63) is 40.4 Å². The zero-order valence-corrected chi connectivity index (χ0v) is 14.3. The Morgan fingerprint density at radius 3 is 2.96 bits per heavy atom. The normalized spacial score (nSPS) is 14.6. The van der Waals surface area contributed by atoms with Crippen LogP contribution in [0.25, 0.3) is 21.1 Å². The van der Waals surface area contributed by atoms with E-state index in [2.05, 4.69) is 20.4 Å². The van der Waals surface area contributed by atoms with Crippen molar-refractivity contribution in [3.8, 4) is 21.1 Å². The molecule has 0 unspecified atom stereocenters. The van der Waals surface area contributed by atoms with Gasteiger partial charge in [-0.15, -0.1) is 16.4 Å². The second-order valence-corrected chi connectivity index (χ2v) is 7.00. The first-order valence-electron chi connectivity index (χ1n) is 7.47. The first-order chi connectivity index (χ1) is 11.7. The van der Waals surface area contributed by atoms with Gasteiger partial charge in [0.2, 0.25) is 0 Å². The fourth-order valence-corrected chi connectivity index (χ4v) is 3.84. The zero-order chi connectivity index (χ0) is 16.7. The van der Waals surface area contributed by atoms with Crippen molar-refractivity contribution in [1.29, 1.82) is 0 Å². The van der Waals surface area contributed by atoms with E-state index in [1.165, 1.54) is 17.4 Å². The van der Waals surface area contributed by atoms with Crippen LogP contribution in [0.2, 0.25) is 5.02 Å². The highest BCUT2D eigenvalue weighted by Crippen LogP contribution is 2.47. The summed E-state index contributed by atoms with van der Waals surface area (Å²) in [6, 6.07) is 4.66. The standard InChI is InChI=1S/C16H13ClFN5S/c1-19-7-12-14(22-23-21-12)15-13(8-2-3-8)20-16(24-15)9-4-5-11(18)10(17)6-9/h4-8H,2-3H2,1H3,(H,21,22,23)/b19-7-. The SMILES string of the molecule is C/N=C\c1[nH]nnc1-c1sc(-c2ccc(F)c(Cl)c2)nc1C1CC1. The highest BCUT2D eigenvalue weighted by atomic mass is 35.5. The van der Waals surface area contributed by atoms with Gasteiger partial charge in [-0.1, -0.05) is 16.8 Å². The van der Waals surface area contributed by atoms with Gasteiger partial charge in [-0.2, -0.15) is 0 Å². The van der Waals surface area contributed by atoms with E-state index in [0.717, 1.165) is 45.4 Å². The molecule has 122 valence electrons. The van der Waals surface area contributed by atoms with Crippen LogP contribution in [0.4, 0.5) is 4.39 Å². The van der Waals surface area contributed by atoms with Gasteiger partial charge in [-0.05, 0) is 31.0 Å². The molecule has 4 rings (SSSR count). The summed E-state index contributed by atoms with van der Waals surface area (Å²) in [5, 5.41) is 11.8. The lowest BCUT2D eigenvalue weighted by Gasteiger charge is -1.98. The van der Waals surface area contributed by atoms with Gasteiger partial charge < -0.3 is 0 Å². The van der Waals surface area contributed by atoms with Gasteiger partial charge in [-0.3, -0.25) is 10.1 Å². The summed E-state index contributed by atoms with van der Waals surface area (Å²) >= 11 is 7.43. The predicted octanol–water partition coefficient (Wildman–Crippen LogP) is 4.31. The number of benzene rings is 1. The molecule has 8 heteroatoms. The average molecular weight is 362 g/mol. The van der Waals surface area contributed by atoms with Crippen molar-refractivity contribution in [2.75, 3.05) is 7.05 Å². The first kappa shape index (κ1) is 15.4. The Morgan fingerprint density at radius 2 is 2.25 bits per heavy atom. The lowest BCUT2D eigenvalue weighted by Crippen LogP contribution is -1.89. The summed E-state index contributed by atoms with van der Waals surface area (Å²) in [7, 11) is 1.70. The third-order valence-corrected chi connectivity index (χ3v) is 5.25. The van der Waals surface area contributed by atoms with Crippen LogP contribution in [-0.2, 0) is 0 Å². The molecular weight excluding hydrogens is 349 g/mol. The molecule has 1 N–H and O–H groups in total. The minimum Gasteiger partial charge on any atom is -0.294 e. The fraction of sp³-hybridized carbons (Fsp3) is 0.250. The number of nitrogens with one attached hydrogen (secondary N) is 1. The number of nitrogens with zero attached hydrogens (tertiary/aromatic N) is 4. The molecule has 0 saturated heterocycles. The predicted molar refractivity (Wildman–Crippen MR) is 93.4 cm³/mol. The van der Waals surface area contributed by atoms with Crippen LogP contribution in [0.3, 0.4) is 0 Å². The molecule has 0 bridgehead atoms. The summed E-state index contributed by atoms with van der Waals surface area (Å²) in [5.74, 6) is 0.0154. The van der Waals surface area contributed by atoms with Gasteiger partial charge in [0, 0.05) is 24.7 Å². The lowest BCUT2D eigenvalue weighted by atomic mass is 10.2. The Kier molecular flexibility index (Phi) is 3.90. The highest BCUT2D eigenvalue weighted by Gasteiger charge is 2.32. The maximum absolute atomic E-state index is 13.4. The van der Waals surface area contributed by atoms with E-state index in [1.807, 2.05) is 0 Å². The van der Waals surface area contributed by atoms with E-state index >= 15 is 0 Å². The molecule has 0 atom stereocenters. The molecular formula is C16H13ClFN5S. The Balaban J connectivity index is 1.84. The summed E-state index contributed by atoms with van der Waals surface area (Å²) in [5.41, 5.74) is 3.33. The maximum atomic E-state index is 13.4. The van der Waals surface area contributed by atoms with Crippen LogP contribution in [-0.4, -0.2) is 33.7 Å². The second-order valence-electron chi connectivity index (χ2n) is 5.60. The molecule has 24 heavy (non-hydrogen) atoms. The molecule has 0 spiro atoms. The molecule has 1 aliphatic carbocycles. The van der Waals surface area contributed by atoms with Crippen molar-refractivity contribution < 1.29 is 4.39 Å². The molecule has 2 heterocycles. The van der Waals surface area contributed by atoms with E-state index < -0.39 is 5.82 Å². The second kappa shape index (κ2) is 6.07. The number of rotatable bonds is 4. The van der Waals surface area contributed by atoms with Crippen LogP contribution in [0.5, 0.6) is 0 Å². The first-order valence-corrected chi connectivity index (χ1v) is 8.66. The van der Waals surface area contributed by atoms with Gasteiger partial charge in [0.05, 0.1) is 15.6 Å². The Labute approximate surface area is 146 Å². The fourth-order valence-electron chi connectivity index (χ4n) is 2.51. The number of aromatic nitrogens is 4. The molecule has 1 fully saturated rings. The number of aliphatic imine (C=N–C) groups is 1. The highest BCUT2D eigenvalue weighted by molar-refractivity contribution is 7.18. The van der Waals surface area contributed by atoms with E-state index in [1.54, 1.807) is 25.4 Å². The average Bonchev–Trinajstić information content (AvgIpc) is 3.15. The number of hydrogen-bond donors (Lipinski definition) is 1. The zero-order valence-electron chi connectivity index (χ0n) is 12.8. The van der Waals surface area contributed by atoms with E-state index in [4.69, 9.17) is 16.6 Å². The van der Waals surface area contributed by atoms with Crippen molar-refractivity contribution in [3.63, 3.8) is 0 Å². The molecule has 0 amide bonds. The third kappa shape index (κ3) is 2.74.